The number of ether oxygens (including phenoxy) is 1. The molecule has 0 aliphatic heterocycles. The monoisotopic (exact) mass is 601 g/mol. The molecule has 10 heteroatoms. The number of fused-ring (bicyclic) bond motifs is 1. The molecule has 40 heavy (non-hydrogen) atoms. The Morgan fingerprint density at radius 3 is 2.55 bits per heavy atom. The number of hydrogen-bond acceptors (Lipinski definition) is 5. The van der Waals surface area contributed by atoms with Gasteiger partial charge < -0.3 is 15.0 Å². The minimum absolute atomic E-state index is 0.0315. The molecule has 1 aliphatic carbocycles. The fourth-order valence-corrected chi connectivity index (χ4v) is 7.11. The van der Waals surface area contributed by atoms with Crippen LogP contribution < -0.4 is 15.4 Å². The van der Waals surface area contributed by atoms with Crippen molar-refractivity contribution < 1.29 is 18.3 Å². The second-order valence-electron chi connectivity index (χ2n) is 9.94. The van der Waals surface area contributed by atoms with Crippen molar-refractivity contribution in [1.82, 2.24) is 15.2 Å². The van der Waals surface area contributed by atoms with Crippen LogP contribution in [-0.2, 0) is 6.54 Å². The molecule has 1 atom stereocenters. The molecule has 0 saturated heterocycles. The number of pyridine rings is 1. The Kier molecular flexibility index (Phi) is 9.01. The lowest BCUT2D eigenvalue weighted by molar-refractivity contribution is 0.0607. The van der Waals surface area contributed by atoms with Crippen molar-refractivity contribution in [3.05, 3.63) is 75.8 Å². The lowest BCUT2D eigenvalue weighted by Gasteiger charge is -2.37. The Balaban J connectivity index is 1.53. The molecule has 1 aliphatic rings. The topological polar surface area (TPSA) is 54.5 Å². The van der Waals surface area contributed by atoms with Crippen LogP contribution in [0.15, 0.2) is 48.7 Å². The number of thiophene rings is 1. The van der Waals surface area contributed by atoms with E-state index in [1.54, 1.807) is 6.20 Å². The lowest BCUT2D eigenvalue weighted by atomic mass is 9.89. The van der Waals surface area contributed by atoms with Crippen LogP contribution in [0.4, 0.5) is 8.78 Å². The maximum Gasteiger partial charge on any atom is 0.266 e. The van der Waals surface area contributed by atoms with Gasteiger partial charge in [0.05, 0.1) is 21.7 Å². The number of hydrogen-bond donors (Lipinski definition) is 1. The molecular weight excluding hydrogens is 571 g/mol. The summed E-state index contributed by atoms with van der Waals surface area (Å²) in [7, 11) is 4.71. The molecule has 2 aromatic carbocycles. The van der Waals surface area contributed by atoms with Gasteiger partial charge in [-0.3, -0.25) is 4.79 Å². The Morgan fingerprint density at radius 2 is 1.85 bits per heavy atom. The first-order valence-corrected chi connectivity index (χ1v) is 15.1. The Hall–Kier alpha value is -2.64. The zero-order chi connectivity index (χ0) is 28.4. The summed E-state index contributed by atoms with van der Waals surface area (Å²) >= 11 is 7.48. The average Bonchev–Trinajstić information content (AvgIpc) is 3.33. The minimum Gasteiger partial charge on any atom is -0.478 e. The first-order valence-electron chi connectivity index (χ1n) is 13.3. The highest BCUT2D eigenvalue weighted by atomic mass is 35.5. The van der Waals surface area contributed by atoms with Crippen LogP contribution in [-0.4, -0.2) is 41.5 Å². The third-order valence-corrected chi connectivity index (χ3v) is 9.77. The third-order valence-electron chi connectivity index (χ3n) is 7.53. The predicted octanol–water partition coefficient (Wildman–Crippen LogP) is 6.97. The zero-order valence-electron chi connectivity index (χ0n) is 22.3. The molecule has 0 radical (unpaired) electrons. The molecule has 0 bridgehead atoms. The summed E-state index contributed by atoms with van der Waals surface area (Å²) in [5.74, 6) is -0.989. The molecule has 5 rings (SSSR count). The van der Waals surface area contributed by atoms with Gasteiger partial charge in [-0.15, -0.1) is 20.6 Å². The molecule has 0 spiro atoms. The largest absolute Gasteiger partial charge is 0.478 e. The van der Waals surface area contributed by atoms with Gasteiger partial charge in [0.1, 0.15) is 16.5 Å². The van der Waals surface area contributed by atoms with Gasteiger partial charge in [0.2, 0.25) is 5.88 Å². The summed E-state index contributed by atoms with van der Waals surface area (Å²) in [5, 5.41) is 4.23. The highest BCUT2D eigenvalue weighted by Crippen LogP contribution is 2.40. The van der Waals surface area contributed by atoms with Gasteiger partial charge in [0.15, 0.2) is 0 Å². The standard InChI is InChI=1S/C30H31ClF2N3O2PS/c1-3-38-25-15-18(12-13-35-25)17-4-11-24(39)19(14-17)16-36(21-7-5-20(34-2)6-8-21)30(37)29-27(31)26-22(32)9-10-23(33)28(26)40-29/h4,9-15,20-21,34H,3,5-8,16,39H2,1-2H3. The summed E-state index contributed by atoms with van der Waals surface area (Å²) in [6.45, 7) is 2.77. The van der Waals surface area contributed by atoms with Crippen LogP contribution in [0, 0.1) is 11.6 Å². The molecule has 5 nitrogen and oxygen atoms in total. The van der Waals surface area contributed by atoms with E-state index in [1.807, 2.05) is 43.1 Å². The van der Waals surface area contributed by atoms with E-state index in [0.29, 0.717) is 25.1 Å². The summed E-state index contributed by atoms with van der Waals surface area (Å²) in [6.07, 6.45) is 5.21. The molecule has 4 aromatic rings. The zero-order valence-corrected chi connectivity index (χ0v) is 25.1. The van der Waals surface area contributed by atoms with Gasteiger partial charge in [0.25, 0.3) is 5.91 Å². The van der Waals surface area contributed by atoms with E-state index < -0.39 is 11.6 Å². The van der Waals surface area contributed by atoms with Gasteiger partial charge in [0, 0.05) is 30.9 Å². The van der Waals surface area contributed by atoms with Crippen molar-refractivity contribution in [2.75, 3.05) is 13.7 Å². The van der Waals surface area contributed by atoms with Crippen molar-refractivity contribution in [2.45, 2.75) is 51.2 Å². The van der Waals surface area contributed by atoms with Crippen LogP contribution in [0.25, 0.3) is 21.2 Å². The van der Waals surface area contributed by atoms with Crippen molar-refractivity contribution in [1.29, 1.82) is 0 Å². The first-order chi connectivity index (χ1) is 19.3. The second-order valence-corrected chi connectivity index (χ2v) is 12.0. The average molecular weight is 602 g/mol. The van der Waals surface area contributed by atoms with E-state index in [0.717, 1.165) is 71.1 Å². The van der Waals surface area contributed by atoms with E-state index in [4.69, 9.17) is 16.3 Å². The number of amides is 1. The fourth-order valence-electron chi connectivity index (χ4n) is 5.33. The van der Waals surface area contributed by atoms with Gasteiger partial charge in [-0.25, -0.2) is 13.8 Å². The Bertz CT molecular complexity index is 1540. The van der Waals surface area contributed by atoms with Crippen molar-refractivity contribution >= 4 is 53.5 Å². The highest BCUT2D eigenvalue weighted by molar-refractivity contribution is 7.27. The molecule has 1 saturated carbocycles. The van der Waals surface area contributed by atoms with Crippen LogP contribution >= 0.6 is 32.2 Å². The number of carbonyl (C=O) groups is 1. The Morgan fingerprint density at radius 1 is 1.12 bits per heavy atom. The fraction of sp³-hybridized carbons (Fsp3) is 0.333. The van der Waals surface area contributed by atoms with E-state index in [2.05, 4.69) is 25.6 Å². The first kappa shape index (κ1) is 28.9. The van der Waals surface area contributed by atoms with Crippen molar-refractivity contribution in [3.63, 3.8) is 0 Å². The maximum atomic E-state index is 14.6. The normalized spacial score (nSPS) is 17.2. The van der Waals surface area contributed by atoms with Crippen LogP contribution in [0.3, 0.4) is 0 Å². The molecule has 2 heterocycles. The van der Waals surface area contributed by atoms with Crippen molar-refractivity contribution in [3.8, 4) is 17.0 Å². The summed E-state index contributed by atoms with van der Waals surface area (Å²) in [5.41, 5.74) is 2.88. The number of benzene rings is 2. The number of carbonyl (C=O) groups excluding carboxylic acids is 1. The van der Waals surface area contributed by atoms with Crippen LogP contribution in [0.1, 0.15) is 47.8 Å². The molecular formula is C30H31ClF2N3O2PS. The molecule has 210 valence electrons. The Labute approximate surface area is 244 Å². The van der Waals surface area contributed by atoms with Gasteiger partial charge in [-0.1, -0.05) is 23.7 Å². The van der Waals surface area contributed by atoms with E-state index in [1.165, 1.54) is 0 Å². The van der Waals surface area contributed by atoms with Gasteiger partial charge >= 0.3 is 0 Å². The molecule has 1 amide bonds. The predicted molar refractivity (Wildman–Crippen MR) is 162 cm³/mol. The highest BCUT2D eigenvalue weighted by Gasteiger charge is 2.32. The molecule has 1 N–H and O–H groups in total. The van der Waals surface area contributed by atoms with Gasteiger partial charge in [-0.2, -0.15) is 0 Å². The smallest absolute Gasteiger partial charge is 0.266 e. The van der Waals surface area contributed by atoms with Crippen LogP contribution in [0.2, 0.25) is 5.02 Å². The van der Waals surface area contributed by atoms with E-state index in [-0.39, 0.29) is 31.9 Å². The number of nitrogens with zero attached hydrogens (tertiary/aromatic N) is 2. The lowest BCUT2D eigenvalue weighted by Crippen LogP contribution is -2.44. The van der Waals surface area contributed by atoms with E-state index in [9.17, 15) is 13.6 Å². The quantitative estimate of drug-likeness (QED) is 0.222. The SMILES string of the molecule is CCOc1cc(-c2ccc(P)c(CN(C(=O)c3sc4c(F)ccc(F)c4c3Cl)C3CCC(NC)CC3)c2)ccn1. The van der Waals surface area contributed by atoms with Crippen molar-refractivity contribution in [2.24, 2.45) is 0 Å². The summed E-state index contributed by atoms with van der Waals surface area (Å²) < 4.78 is 34.8. The number of aromatic nitrogens is 1. The number of rotatable bonds is 8. The number of halogens is 3. The molecule has 1 fully saturated rings. The third kappa shape index (κ3) is 5.87. The van der Waals surface area contributed by atoms with E-state index >= 15 is 0 Å². The van der Waals surface area contributed by atoms with Gasteiger partial charge in [-0.05, 0) is 85.9 Å². The molecule has 1 unspecified atom stereocenters. The maximum absolute atomic E-state index is 14.6. The number of nitrogens with one attached hydrogen (secondary N) is 1. The second kappa shape index (κ2) is 12.5. The summed E-state index contributed by atoms with van der Waals surface area (Å²) in [4.78, 5) is 20.4. The minimum atomic E-state index is -0.638. The van der Waals surface area contributed by atoms with Crippen LogP contribution in [0.5, 0.6) is 5.88 Å². The summed E-state index contributed by atoms with van der Waals surface area (Å²) in [6, 6.07) is 12.4. The molecule has 2 aromatic heterocycles.